The Hall–Kier alpha value is -2.06. The smallest absolute Gasteiger partial charge is 0.324 e. The zero-order valence-corrected chi connectivity index (χ0v) is 12.4. The average molecular weight is 321 g/mol. The maximum Gasteiger partial charge on any atom is 0.324 e. The second-order valence-electron chi connectivity index (χ2n) is 4.40. The van der Waals surface area contributed by atoms with E-state index in [0.29, 0.717) is 12.3 Å². The number of amides is 1. The minimum Gasteiger partial charge on any atom is -0.380 e. The molecule has 108 valence electrons. The van der Waals surface area contributed by atoms with E-state index in [1.54, 1.807) is 6.07 Å². The van der Waals surface area contributed by atoms with Crippen molar-refractivity contribution in [2.24, 2.45) is 0 Å². The highest BCUT2D eigenvalue weighted by atomic mass is 32.2. The van der Waals surface area contributed by atoms with Crippen LogP contribution in [0.2, 0.25) is 0 Å². The van der Waals surface area contributed by atoms with Crippen molar-refractivity contribution in [3.05, 3.63) is 45.3 Å². The predicted molar refractivity (Wildman–Crippen MR) is 84.1 cm³/mol. The monoisotopic (exact) mass is 321 g/mol. The van der Waals surface area contributed by atoms with Gasteiger partial charge in [0.15, 0.2) is 0 Å². The van der Waals surface area contributed by atoms with E-state index in [1.807, 2.05) is 18.2 Å². The maximum atomic E-state index is 11.4. The summed E-state index contributed by atoms with van der Waals surface area (Å²) in [5.41, 5.74) is 1.67. The summed E-state index contributed by atoms with van der Waals surface area (Å²) in [5.74, 6) is 0.442. The van der Waals surface area contributed by atoms with Gasteiger partial charge in [-0.05, 0) is 24.3 Å². The molecule has 1 aliphatic rings. The van der Waals surface area contributed by atoms with Crippen LogP contribution < -0.4 is 10.6 Å². The summed E-state index contributed by atoms with van der Waals surface area (Å²) >= 11 is 2.67. The summed E-state index contributed by atoms with van der Waals surface area (Å²) in [7, 11) is 0. The first kappa shape index (κ1) is 13.9. The molecule has 0 saturated carbocycles. The number of hydrogen-bond acceptors (Lipinski definition) is 6. The zero-order valence-electron chi connectivity index (χ0n) is 10.8. The van der Waals surface area contributed by atoms with E-state index in [9.17, 15) is 14.9 Å². The third-order valence-corrected chi connectivity index (χ3v) is 5.02. The van der Waals surface area contributed by atoms with Gasteiger partial charge in [0.25, 0.3) is 0 Å². The van der Waals surface area contributed by atoms with Crippen LogP contribution in [-0.2, 0) is 11.3 Å². The zero-order chi connectivity index (χ0) is 14.8. The Labute approximate surface area is 128 Å². The molecule has 1 aromatic heterocycles. The molecule has 1 aromatic carbocycles. The predicted octanol–water partition coefficient (Wildman–Crippen LogP) is 3.31. The van der Waals surface area contributed by atoms with E-state index in [-0.39, 0.29) is 15.8 Å². The van der Waals surface area contributed by atoms with Gasteiger partial charge in [-0.2, -0.15) is 0 Å². The summed E-state index contributed by atoms with van der Waals surface area (Å²) in [6.07, 6.45) is 0. The molecule has 6 nitrogen and oxygen atoms in total. The molecule has 0 radical (unpaired) electrons. The number of thiophene rings is 1. The number of nitrogens with one attached hydrogen (secondary N) is 2. The Morgan fingerprint density at radius 1 is 1.33 bits per heavy atom. The molecule has 1 aliphatic heterocycles. The summed E-state index contributed by atoms with van der Waals surface area (Å²) in [4.78, 5) is 23.5. The molecule has 8 heteroatoms. The van der Waals surface area contributed by atoms with Crippen LogP contribution in [-0.4, -0.2) is 16.6 Å². The van der Waals surface area contributed by atoms with E-state index >= 15 is 0 Å². The van der Waals surface area contributed by atoms with E-state index in [2.05, 4.69) is 10.6 Å². The van der Waals surface area contributed by atoms with Gasteiger partial charge in [-0.15, -0.1) is 11.8 Å². The number of carbonyl (C=O) groups excluding carboxylic acids is 1. The lowest BCUT2D eigenvalue weighted by molar-refractivity contribution is -0.380. The topological polar surface area (TPSA) is 84.3 Å². The number of nitro groups is 1. The highest BCUT2D eigenvalue weighted by molar-refractivity contribution is 8.00. The molecule has 2 N–H and O–H groups in total. The summed E-state index contributed by atoms with van der Waals surface area (Å²) in [6, 6.07) is 9.02. The van der Waals surface area contributed by atoms with E-state index in [1.165, 1.54) is 17.8 Å². The van der Waals surface area contributed by atoms with Crippen LogP contribution in [0.5, 0.6) is 0 Å². The lowest BCUT2D eigenvalue weighted by atomic mass is 10.2. The van der Waals surface area contributed by atoms with Crippen LogP contribution in [0.1, 0.15) is 4.88 Å². The minimum absolute atomic E-state index is 0.00136. The van der Waals surface area contributed by atoms with Gasteiger partial charge in [0.2, 0.25) is 5.91 Å². The first-order valence-electron chi connectivity index (χ1n) is 6.15. The van der Waals surface area contributed by atoms with Crippen LogP contribution in [0.15, 0.2) is 35.2 Å². The van der Waals surface area contributed by atoms with Crippen molar-refractivity contribution in [1.82, 2.24) is 0 Å². The Morgan fingerprint density at radius 2 is 2.19 bits per heavy atom. The number of anilines is 2. The lowest BCUT2D eigenvalue weighted by Crippen LogP contribution is -2.18. The maximum absolute atomic E-state index is 11.4. The molecule has 0 aliphatic carbocycles. The minimum atomic E-state index is -0.389. The third-order valence-electron chi connectivity index (χ3n) is 2.91. The van der Waals surface area contributed by atoms with Gasteiger partial charge in [0, 0.05) is 28.1 Å². The molecular formula is C13H11N3O3S2. The van der Waals surface area contributed by atoms with E-state index in [4.69, 9.17) is 0 Å². The quantitative estimate of drug-likeness (QED) is 0.666. The lowest BCUT2D eigenvalue weighted by Gasteiger charge is -2.17. The molecule has 0 atom stereocenters. The van der Waals surface area contributed by atoms with Crippen LogP contribution in [0.4, 0.5) is 16.4 Å². The van der Waals surface area contributed by atoms with Crippen molar-refractivity contribution in [2.75, 3.05) is 16.4 Å². The first-order valence-corrected chi connectivity index (χ1v) is 7.96. The number of hydrogen-bond donors (Lipinski definition) is 2. The number of rotatable bonds is 4. The number of fused-ring (bicyclic) bond motifs is 1. The number of benzene rings is 1. The van der Waals surface area contributed by atoms with Crippen molar-refractivity contribution >= 4 is 45.4 Å². The SMILES string of the molecule is O=C1CSc2ccc(NCc3ccc([N+](=O)[O-])s3)cc2N1. The fraction of sp³-hybridized carbons (Fsp3) is 0.154. The third kappa shape index (κ3) is 3.17. The van der Waals surface area contributed by atoms with Crippen LogP contribution in [0.25, 0.3) is 0 Å². The Kier molecular flexibility index (Phi) is 3.80. The summed E-state index contributed by atoms with van der Waals surface area (Å²) < 4.78 is 0. The Morgan fingerprint density at radius 3 is 2.95 bits per heavy atom. The standard InChI is InChI=1S/C13H11N3O3S2/c17-12-7-20-11-3-1-8(5-10(11)15-12)14-6-9-2-4-13(21-9)16(18)19/h1-5,14H,6-7H2,(H,15,17). The number of thioether (sulfide) groups is 1. The van der Waals surface area contributed by atoms with Crippen molar-refractivity contribution in [3.63, 3.8) is 0 Å². The molecular weight excluding hydrogens is 310 g/mol. The fourth-order valence-electron chi connectivity index (χ4n) is 1.94. The molecule has 1 amide bonds. The summed E-state index contributed by atoms with van der Waals surface area (Å²) in [6.45, 7) is 0.512. The average Bonchev–Trinajstić information content (AvgIpc) is 2.93. The molecule has 3 rings (SSSR count). The van der Waals surface area contributed by atoms with E-state index < -0.39 is 0 Å². The highest BCUT2D eigenvalue weighted by Gasteiger charge is 2.15. The molecule has 0 bridgehead atoms. The number of carbonyl (C=O) groups is 1. The van der Waals surface area contributed by atoms with Crippen LogP contribution >= 0.6 is 23.1 Å². The molecule has 2 heterocycles. The van der Waals surface area contributed by atoms with Gasteiger partial charge in [0.05, 0.1) is 16.4 Å². The van der Waals surface area contributed by atoms with Gasteiger partial charge in [-0.1, -0.05) is 11.3 Å². The van der Waals surface area contributed by atoms with Crippen LogP contribution in [0, 0.1) is 10.1 Å². The fourth-order valence-corrected chi connectivity index (χ4v) is 3.49. The van der Waals surface area contributed by atoms with Crippen LogP contribution in [0.3, 0.4) is 0 Å². The van der Waals surface area contributed by atoms with Gasteiger partial charge >= 0.3 is 5.00 Å². The highest BCUT2D eigenvalue weighted by Crippen LogP contribution is 2.33. The Bertz CT molecular complexity index is 714. The molecule has 0 spiro atoms. The molecule has 0 saturated heterocycles. The molecule has 0 fully saturated rings. The molecule has 2 aromatic rings. The largest absolute Gasteiger partial charge is 0.380 e. The van der Waals surface area contributed by atoms with Crippen molar-refractivity contribution in [3.8, 4) is 0 Å². The first-order chi connectivity index (χ1) is 10.1. The molecule has 0 unspecified atom stereocenters. The normalized spacial score (nSPS) is 13.4. The molecule has 21 heavy (non-hydrogen) atoms. The van der Waals surface area contributed by atoms with Crippen molar-refractivity contribution < 1.29 is 9.72 Å². The van der Waals surface area contributed by atoms with Gasteiger partial charge in [-0.25, -0.2) is 0 Å². The van der Waals surface area contributed by atoms with Crippen molar-refractivity contribution in [2.45, 2.75) is 11.4 Å². The second-order valence-corrected chi connectivity index (χ2v) is 6.56. The summed E-state index contributed by atoms with van der Waals surface area (Å²) in [5, 5.41) is 16.8. The second kappa shape index (κ2) is 5.74. The van der Waals surface area contributed by atoms with Gasteiger partial charge in [-0.3, -0.25) is 14.9 Å². The number of nitrogens with zero attached hydrogens (tertiary/aromatic N) is 1. The van der Waals surface area contributed by atoms with Gasteiger partial charge in [0.1, 0.15) is 0 Å². The van der Waals surface area contributed by atoms with Gasteiger partial charge < -0.3 is 10.6 Å². The Balaban J connectivity index is 1.69. The van der Waals surface area contributed by atoms with Crippen molar-refractivity contribution in [1.29, 1.82) is 0 Å². The van der Waals surface area contributed by atoms with E-state index in [0.717, 1.165) is 32.5 Å².